The Kier molecular flexibility index (Phi) is 21.0. The highest BCUT2D eigenvalue weighted by atomic mass is 35.6. The maximum Gasteiger partial charge on any atom is 0.508 e. The van der Waals surface area contributed by atoms with Gasteiger partial charge in [-0.3, -0.25) is 15.0 Å². The van der Waals surface area contributed by atoms with Gasteiger partial charge in [-0.15, -0.1) is 0 Å². The van der Waals surface area contributed by atoms with Crippen LogP contribution < -0.4 is 0 Å². The van der Waals surface area contributed by atoms with Gasteiger partial charge < -0.3 is 61.7 Å². The summed E-state index contributed by atoms with van der Waals surface area (Å²) in [6.07, 6.45) is -18.6. The number of esters is 3. The summed E-state index contributed by atoms with van der Waals surface area (Å²) in [5, 5.41) is 12.3. The van der Waals surface area contributed by atoms with Crippen molar-refractivity contribution in [2.24, 2.45) is 5.11 Å². The maximum atomic E-state index is 14.2. The fourth-order valence-corrected chi connectivity index (χ4v) is 9.09. The molecule has 0 saturated carbocycles. The number of nitrogens with one attached hydrogen (secondary N) is 1. The summed E-state index contributed by atoms with van der Waals surface area (Å²) in [7, 11) is 1.04. The molecule has 414 valence electrons. The van der Waals surface area contributed by atoms with E-state index in [9.17, 15) is 34.3 Å². The molecule has 7 rings (SSSR count). The highest BCUT2D eigenvalue weighted by Crippen LogP contribution is 2.45. The average Bonchev–Trinajstić information content (AvgIpc) is 3.76. The molecule has 2 saturated heterocycles. The monoisotopic (exact) mass is 1140 g/mol. The number of fused-ring (bicyclic) bond motifs is 3. The SMILES string of the molecule is COC(=O)[C@@H]1O[C@@H](O[C@H]2[C@H](OCc3ccccc3)[C@@H](N=[N+]=[N-])C(OC(=N)C(Cl)(Cl)Cl)O[C@@H]2COC(=O)CCC(C)=O)[C@H](OC(=O)CCC(C)=O)[C@@H](OCc2ccccc2)[C@@H]1OC(=O)OCC1c2ccccc2-c2ccccc21. The van der Waals surface area contributed by atoms with Gasteiger partial charge in [-0.2, -0.15) is 0 Å². The fraction of sp³-hybridized carbons (Fsp3) is 0.426. The summed E-state index contributed by atoms with van der Waals surface area (Å²) in [5.74, 6) is -5.05. The molecule has 4 aromatic carbocycles. The average molecular weight is 1140 g/mol. The van der Waals surface area contributed by atoms with Gasteiger partial charge in [-0.1, -0.05) is 149 Å². The number of carbonyl (C=O) groups excluding carboxylic acids is 6. The molecule has 2 fully saturated rings. The van der Waals surface area contributed by atoms with Crippen molar-refractivity contribution in [3.63, 3.8) is 0 Å². The topological polar surface area (TPSA) is 277 Å². The second-order valence-electron chi connectivity index (χ2n) is 18.2. The first kappa shape index (κ1) is 59.0. The minimum absolute atomic E-state index is 0.177. The van der Waals surface area contributed by atoms with Crippen molar-refractivity contribution in [3.8, 4) is 11.1 Å². The van der Waals surface area contributed by atoms with Crippen molar-refractivity contribution in [2.45, 2.75) is 124 Å². The van der Waals surface area contributed by atoms with Crippen LogP contribution in [0.4, 0.5) is 4.79 Å². The van der Waals surface area contributed by atoms with Gasteiger partial charge in [-0.05, 0) is 52.8 Å². The third-order valence-electron chi connectivity index (χ3n) is 12.7. The molecule has 0 spiro atoms. The van der Waals surface area contributed by atoms with E-state index in [0.29, 0.717) is 11.1 Å². The molecule has 24 heteroatoms. The number of carbonyl (C=O) groups is 6. The smallest absolute Gasteiger partial charge is 0.467 e. The lowest BCUT2D eigenvalue weighted by atomic mass is 9.95. The third-order valence-corrected chi connectivity index (χ3v) is 13.2. The second kappa shape index (κ2) is 27.8. The molecule has 78 heavy (non-hydrogen) atoms. The van der Waals surface area contributed by atoms with Crippen molar-refractivity contribution in [1.82, 2.24) is 0 Å². The highest BCUT2D eigenvalue weighted by Gasteiger charge is 2.58. The van der Waals surface area contributed by atoms with Crippen LogP contribution in [0.2, 0.25) is 0 Å². The predicted molar refractivity (Wildman–Crippen MR) is 277 cm³/mol. The summed E-state index contributed by atoms with van der Waals surface area (Å²) < 4.78 is 64.4. The minimum Gasteiger partial charge on any atom is -0.467 e. The van der Waals surface area contributed by atoms with E-state index >= 15 is 0 Å². The van der Waals surface area contributed by atoms with Gasteiger partial charge in [0.2, 0.25) is 12.2 Å². The quantitative estimate of drug-likeness (QED) is 0.0106. The van der Waals surface area contributed by atoms with Gasteiger partial charge in [0.15, 0.2) is 24.6 Å². The number of azide groups is 1. The van der Waals surface area contributed by atoms with E-state index in [1.807, 2.05) is 48.5 Å². The number of nitrogens with zero attached hydrogens (tertiary/aromatic N) is 3. The third kappa shape index (κ3) is 15.5. The van der Waals surface area contributed by atoms with Crippen LogP contribution in [0, 0.1) is 5.41 Å². The Bertz CT molecular complexity index is 2770. The number of methoxy groups -OCH3 is 1. The molecule has 10 atom stereocenters. The summed E-state index contributed by atoms with van der Waals surface area (Å²) in [5.41, 5.74) is 14.9. The minimum atomic E-state index is -2.47. The summed E-state index contributed by atoms with van der Waals surface area (Å²) in [6.45, 7) is 1.12. The number of Topliss-reactive ketones (excluding diaryl/α,β-unsaturated/α-hetero) is 2. The van der Waals surface area contributed by atoms with Crippen LogP contribution in [-0.2, 0) is 89.3 Å². The number of alkyl halides is 3. The van der Waals surface area contributed by atoms with Crippen molar-refractivity contribution in [3.05, 3.63) is 142 Å². The van der Waals surface area contributed by atoms with Crippen molar-refractivity contribution >= 4 is 76.3 Å². The molecule has 3 aliphatic rings. The lowest BCUT2D eigenvalue weighted by molar-refractivity contribution is -0.346. The van der Waals surface area contributed by atoms with Gasteiger partial charge in [0.25, 0.3) is 3.79 Å². The summed E-state index contributed by atoms with van der Waals surface area (Å²) in [4.78, 5) is 82.4. The number of rotatable bonds is 23. The Morgan fingerprint density at radius 2 is 1.18 bits per heavy atom. The van der Waals surface area contributed by atoms with Crippen molar-refractivity contribution < 1.29 is 80.9 Å². The summed E-state index contributed by atoms with van der Waals surface area (Å²) >= 11 is 18.1. The Hall–Kier alpha value is -6.65. The van der Waals surface area contributed by atoms with E-state index in [1.165, 1.54) is 13.8 Å². The van der Waals surface area contributed by atoms with E-state index < -0.39 is 114 Å². The number of hydrogen-bond donors (Lipinski definition) is 1. The molecule has 0 bridgehead atoms. The zero-order valence-corrected chi connectivity index (χ0v) is 44.6. The maximum absolute atomic E-state index is 14.2. The molecule has 21 nitrogen and oxygen atoms in total. The molecular formula is C54H55Cl3N4O17. The van der Waals surface area contributed by atoms with Crippen LogP contribution in [0.15, 0.2) is 114 Å². The van der Waals surface area contributed by atoms with Gasteiger partial charge >= 0.3 is 24.1 Å². The van der Waals surface area contributed by atoms with E-state index in [2.05, 4.69) is 10.0 Å². The molecule has 0 aromatic heterocycles. The number of ether oxygens (including phenoxy) is 11. The van der Waals surface area contributed by atoms with Crippen molar-refractivity contribution in [2.75, 3.05) is 20.3 Å². The van der Waals surface area contributed by atoms with Crippen LogP contribution in [0.1, 0.15) is 67.7 Å². The number of ketones is 2. The van der Waals surface area contributed by atoms with Gasteiger partial charge in [0.05, 0.1) is 33.2 Å². The first-order chi connectivity index (χ1) is 37.4. The lowest BCUT2D eigenvalue weighted by Crippen LogP contribution is -2.67. The van der Waals surface area contributed by atoms with Crippen LogP contribution in [0.5, 0.6) is 0 Å². The molecular weight excluding hydrogens is 1080 g/mol. The number of hydrogen-bond acceptors (Lipinski definition) is 19. The Morgan fingerprint density at radius 3 is 1.73 bits per heavy atom. The zero-order chi connectivity index (χ0) is 55.9. The van der Waals surface area contributed by atoms with Crippen LogP contribution >= 0.6 is 34.8 Å². The Labute approximate surface area is 462 Å². The largest absolute Gasteiger partial charge is 0.508 e. The Balaban J connectivity index is 1.30. The van der Waals surface area contributed by atoms with Crippen molar-refractivity contribution in [1.29, 1.82) is 5.41 Å². The van der Waals surface area contributed by atoms with Gasteiger partial charge in [-0.25, -0.2) is 9.59 Å². The van der Waals surface area contributed by atoms with Crippen LogP contribution in [0.25, 0.3) is 21.6 Å². The lowest BCUT2D eigenvalue weighted by Gasteiger charge is -2.48. The number of benzene rings is 4. The predicted octanol–water partition coefficient (Wildman–Crippen LogP) is 8.74. The molecule has 1 N–H and O–H groups in total. The first-order valence-electron chi connectivity index (χ1n) is 24.5. The van der Waals surface area contributed by atoms with Gasteiger partial charge in [0.1, 0.15) is 55.2 Å². The van der Waals surface area contributed by atoms with E-state index in [1.54, 1.807) is 60.7 Å². The van der Waals surface area contributed by atoms with Gasteiger partial charge in [0, 0.05) is 23.7 Å². The molecule has 2 aliphatic heterocycles. The molecule has 1 unspecified atom stereocenters. The van der Waals surface area contributed by atoms with Crippen LogP contribution in [0.3, 0.4) is 0 Å². The van der Waals surface area contributed by atoms with Crippen LogP contribution in [-0.4, -0.2) is 127 Å². The molecule has 1 aliphatic carbocycles. The Morgan fingerprint density at radius 1 is 0.628 bits per heavy atom. The first-order valence-corrected chi connectivity index (χ1v) is 25.7. The second-order valence-corrected chi connectivity index (χ2v) is 20.4. The van der Waals surface area contributed by atoms with E-state index in [4.69, 9.17) is 92.3 Å². The molecule has 2 heterocycles. The molecule has 0 radical (unpaired) electrons. The highest BCUT2D eigenvalue weighted by molar-refractivity contribution is 6.76. The van der Waals surface area contributed by atoms with E-state index in [-0.39, 0.29) is 50.6 Å². The summed E-state index contributed by atoms with van der Waals surface area (Å²) in [6, 6.07) is 30.9. The normalized spacial score (nSPS) is 23.5. The fourth-order valence-electron chi connectivity index (χ4n) is 8.95. The standard InChI is InChI=1S/C54H55Cl3N4O17/c1-30(62)22-24-40(64)69-29-39-43(44(70-26-32-14-6-4-7-15-32)42(60-61-59)50(73-39)78-52(58)54(55,56)57)75-51-48(74-41(65)25-23-31(2)63)45(71-27-33-16-8-5-9-17-33)46(47(76-51)49(66)68-3)77-53(67)72-28-38-36-20-12-10-18-34(36)35-19-11-13-21-37(35)38/h4-21,38-39,42-48,50-51,58H,22-29H2,1-3H3/t39-,42-,43-,44-,45+,46+,47-,48-,50?,51-/m1/s1. The molecule has 4 aromatic rings. The van der Waals surface area contributed by atoms with E-state index in [0.717, 1.165) is 29.4 Å². The zero-order valence-electron chi connectivity index (χ0n) is 42.3. The molecule has 0 amide bonds. The number of halogens is 3.